The van der Waals surface area contributed by atoms with Crippen LogP contribution in [0.4, 0.5) is 5.69 Å². The zero-order valence-corrected chi connectivity index (χ0v) is 17.1. The average molecular weight is 416 g/mol. The molecule has 2 aromatic carbocycles. The first kappa shape index (κ1) is 21.7. The first-order chi connectivity index (χ1) is 15.2. The third-order valence-corrected chi connectivity index (χ3v) is 4.67. The van der Waals surface area contributed by atoms with Crippen molar-refractivity contribution in [1.82, 2.24) is 20.1 Å². The molecular weight excluding hydrogens is 392 g/mol. The van der Waals surface area contributed by atoms with Crippen molar-refractivity contribution in [3.05, 3.63) is 78.4 Å². The van der Waals surface area contributed by atoms with Crippen LogP contribution in [0, 0.1) is 11.3 Å². The highest BCUT2D eigenvalue weighted by atomic mass is 16.2. The molecule has 1 aromatic heterocycles. The predicted molar refractivity (Wildman–Crippen MR) is 116 cm³/mol. The van der Waals surface area contributed by atoms with E-state index in [4.69, 9.17) is 5.26 Å². The molecule has 0 aliphatic rings. The van der Waals surface area contributed by atoms with E-state index >= 15 is 0 Å². The molecule has 8 nitrogen and oxygen atoms in total. The standard InChI is InChI=1S/C23H24N6O2/c24-12-5-13-29(21-8-2-1-3-9-21)23(31)11-10-22(30)26-15-19-6-4-7-20(14-19)16-28-18-25-17-27-28/h1-4,6-9,14,17-18H,5,10-11,13,15-16H2,(H,26,30). The number of nitrogens with one attached hydrogen (secondary N) is 1. The lowest BCUT2D eigenvalue weighted by Gasteiger charge is -2.21. The molecule has 0 aliphatic heterocycles. The van der Waals surface area contributed by atoms with E-state index in [1.54, 1.807) is 15.9 Å². The van der Waals surface area contributed by atoms with Gasteiger partial charge in [-0.15, -0.1) is 0 Å². The molecule has 0 aliphatic carbocycles. The average Bonchev–Trinajstić information content (AvgIpc) is 3.30. The maximum atomic E-state index is 12.6. The second-order valence-electron chi connectivity index (χ2n) is 6.98. The normalized spacial score (nSPS) is 10.3. The Morgan fingerprint density at radius 3 is 2.61 bits per heavy atom. The number of nitrogens with zero attached hydrogens (tertiary/aromatic N) is 5. The van der Waals surface area contributed by atoms with E-state index in [0.717, 1.165) is 16.8 Å². The third-order valence-electron chi connectivity index (χ3n) is 4.67. The highest BCUT2D eigenvalue weighted by Gasteiger charge is 2.16. The van der Waals surface area contributed by atoms with Crippen molar-refractivity contribution in [2.45, 2.75) is 32.4 Å². The van der Waals surface area contributed by atoms with Crippen molar-refractivity contribution in [3.8, 4) is 6.07 Å². The number of benzene rings is 2. The van der Waals surface area contributed by atoms with E-state index in [9.17, 15) is 9.59 Å². The van der Waals surface area contributed by atoms with Crippen LogP contribution in [-0.2, 0) is 22.7 Å². The smallest absolute Gasteiger partial charge is 0.227 e. The highest BCUT2D eigenvalue weighted by Crippen LogP contribution is 2.15. The molecule has 0 fully saturated rings. The van der Waals surface area contributed by atoms with Crippen molar-refractivity contribution in [2.24, 2.45) is 0 Å². The number of hydrogen-bond donors (Lipinski definition) is 1. The fourth-order valence-electron chi connectivity index (χ4n) is 3.15. The molecule has 0 unspecified atom stereocenters. The van der Waals surface area contributed by atoms with Gasteiger partial charge in [0.25, 0.3) is 0 Å². The highest BCUT2D eigenvalue weighted by molar-refractivity contribution is 5.95. The molecular formula is C23H24N6O2. The molecule has 3 aromatic rings. The van der Waals surface area contributed by atoms with Crippen LogP contribution >= 0.6 is 0 Å². The van der Waals surface area contributed by atoms with Crippen LogP contribution in [0.2, 0.25) is 0 Å². The van der Waals surface area contributed by atoms with Gasteiger partial charge in [-0.05, 0) is 23.3 Å². The Labute approximate surface area is 181 Å². The molecule has 3 rings (SSSR count). The molecule has 0 atom stereocenters. The van der Waals surface area contributed by atoms with Gasteiger partial charge in [-0.3, -0.25) is 9.59 Å². The van der Waals surface area contributed by atoms with Crippen LogP contribution in [0.25, 0.3) is 0 Å². The summed E-state index contributed by atoms with van der Waals surface area (Å²) < 4.78 is 1.73. The number of para-hydroxylation sites is 1. The van der Waals surface area contributed by atoms with E-state index < -0.39 is 0 Å². The number of amides is 2. The molecule has 0 spiro atoms. The van der Waals surface area contributed by atoms with Crippen LogP contribution < -0.4 is 10.2 Å². The summed E-state index contributed by atoms with van der Waals surface area (Å²) >= 11 is 0. The molecule has 0 radical (unpaired) electrons. The lowest BCUT2D eigenvalue weighted by molar-refractivity contribution is -0.125. The number of hydrogen-bond acceptors (Lipinski definition) is 5. The number of nitriles is 1. The first-order valence-corrected chi connectivity index (χ1v) is 10.0. The van der Waals surface area contributed by atoms with Crippen molar-refractivity contribution >= 4 is 17.5 Å². The summed E-state index contributed by atoms with van der Waals surface area (Å²) in [7, 11) is 0. The Morgan fingerprint density at radius 1 is 1.06 bits per heavy atom. The maximum Gasteiger partial charge on any atom is 0.227 e. The van der Waals surface area contributed by atoms with Gasteiger partial charge in [0.15, 0.2) is 0 Å². The summed E-state index contributed by atoms with van der Waals surface area (Å²) in [4.78, 5) is 30.4. The molecule has 8 heteroatoms. The largest absolute Gasteiger partial charge is 0.352 e. The van der Waals surface area contributed by atoms with Gasteiger partial charge in [-0.2, -0.15) is 10.4 Å². The number of anilines is 1. The quantitative estimate of drug-likeness (QED) is 0.547. The zero-order chi connectivity index (χ0) is 21.9. The van der Waals surface area contributed by atoms with Crippen molar-refractivity contribution in [2.75, 3.05) is 11.4 Å². The van der Waals surface area contributed by atoms with Gasteiger partial charge in [0, 0.05) is 31.6 Å². The SMILES string of the molecule is N#CCCN(C(=O)CCC(=O)NCc1cccc(Cn2cncn2)c1)c1ccccc1. The summed E-state index contributed by atoms with van der Waals surface area (Å²) in [6, 6.07) is 19.1. The molecule has 1 N–H and O–H groups in total. The lowest BCUT2D eigenvalue weighted by atomic mass is 10.1. The molecule has 0 saturated heterocycles. The zero-order valence-electron chi connectivity index (χ0n) is 17.1. The molecule has 158 valence electrons. The Balaban J connectivity index is 1.49. The second kappa shape index (κ2) is 11.3. The topological polar surface area (TPSA) is 104 Å². The predicted octanol–water partition coefficient (Wildman–Crippen LogP) is 2.67. The van der Waals surface area contributed by atoms with E-state index in [2.05, 4.69) is 21.5 Å². The number of carbonyl (C=O) groups is 2. The van der Waals surface area contributed by atoms with Gasteiger partial charge < -0.3 is 10.2 Å². The number of carbonyl (C=O) groups excluding carboxylic acids is 2. The van der Waals surface area contributed by atoms with E-state index in [1.807, 2.05) is 54.6 Å². The molecule has 0 saturated carbocycles. The minimum absolute atomic E-state index is 0.0818. The van der Waals surface area contributed by atoms with Crippen molar-refractivity contribution < 1.29 is 9.59 Å². The molecule has 31 heavy (non-hydrogen) atoms. The van der Waals surface area contributed by atoms with Gasteiger partial charge in [-0.1, -0.05) is 42.5 Å². The fourth-order valence-corrected chi connectivity index (χ4v) is 3.15. The van der Waals surface area contributed by atoms with Gasteiger partial charge in [0.1, 0.15) is 12.7 Å². The molecule has 0 bridgehead atoms. The summed E-state index contributed by atoms with van der Waals surface area (Å²) in [5, 5.41) is 15.8. The van der Waals surface area contributed by atoms with E-state index in [0.29, 0.717) is 19.6 Å². The number of aromatic nitrogens is 3. The van der Waals surface area contributed by atoms with Crippen LogP contribution in [-0.4, -0.2) is 33.1 Å². The monoisotopic (exact) mass is 416 g/mol. The first-order valence-electron chi connectivity index (χ1n) is 10.0. The Morgan fingerprint density at radius 2 is 1.87 bits per heavy atom. The summed E-state index contributed by atoms with van der Waals surface area (Å²) in [6.45, 7) is 1.29. The molecule has 2 amide bonds. The van der Waals surface area contributed by atoms with Crippen LogP contribution in [0.3, 0.4) is 0 Å². The Bertz CT molecular complexity index is 1030. The Kier molecular flexibility index (Phi) is 7.89. The summed E-state index contributed by atoms with van der Waals surface area (Å²) in [6.07, 6.45) is 3.55. The number of rotatable bonds is 10. The summed E-state index contributed by atoms with van der Waals surface area (Å²) in [5.74, 6) is -0.366. The lowest BCUT2D eigenvalue weighted by Crippen LogP contribution is -2.33. The van der Waals surface area contributed by atoms with E-state index in [1.165, 1.54) is 6.33 Å². The fraction of sp³-hybridized carbons (Fsp3) is 0.261. The van der Waals surface area contributed by atoms with Gasteiger partial charge >= 0.3 is 0 Å². The minimum atomic E-state index is -0.191. The van der Waals surface area contributed by atoms with Gasteiger partial charge in [0.05, 0.1) is 19.0 Å². The second-order valence-corrected chi connectivity index (χ2v) is 6.98. The maximum absolute atomic E-state index is 12.6. The van der Waals surface area contributed by atoms with Crippen LogP contribution in [0.5, 0.6) is 0 Å². The van der Waals surface area contributed by atoms with Gasteiger partial charge in [0.2, 0.25) is 11.8 Å². The minimum Gasteiger partial charge on any atom is -0.352 e. The van der Waals surface area contributed by atoms with Crippen LogP contribution in [0.1, 0.15) is 30.4 Å². The Hall–Kier alpha value is -3.99. The summed E-state index contributed by atoms with van der Waals surface area (Å²) in [5.41, 5.74) is 2.76. The van der Waals surface area contributed by atoms with Crippen molar-refractivity contribution in [1.29, 1.82) is 5.26 Å². The van der Waals surface area contributed by atoms with Crippen molar-refractivity contribution in [3.63, 3.8) is 0 Å². The molecule has 1 heterocycles. The van der Waals surface area contributed by atoms with Crippen LogP contribution in [0.15, 0.2) is 67.3 Å². The third kappa shape index (κ3) is 6.78. The van der Waals surface area contributed by atoms with E-state index in [-0.39, 0.29) is 31.1 Å². The van der Waals surface area contributed by atoms with Gasteiger partial charge in [-0.25, -0.2) is 9.67 Å².